The highest BCUT2D eigenvalue weighted by molar-refractivity contribution is 8.93. The van der Waals surface area contributed by atoms with E-state index in [1.165, 1.54) is 0 Å². The fourth-order valence-corrected chi connectivity index (χ4v) is 3.19. The van der Waals surface area contributed by atoms with Gasteiger partial charge in [-0.2, -0.15) is 5.10 Å². The van der Waals surface area contributed by atoms with Gasteiger partial charge in [0.2, 0.25) is 5.96 Å². The number of benzene rings is 1. The molecule has 31 heavy (non-hydrogen) atoms. The number of guanidine groups is 1. The van der Waals surface area contributed by atoms with E-state index in [0.29, 0.717) is 0 Å². The van der Waals surface area contributed by atoms with Crippen molar-refractivity contribution >= 4 is 34.8 Å². The van der Waals surface area contributed by atoms with Crippen molar-refractivity contribution in [1.29, 1.82) is 0 Å². The number of aryl methyl sites for hydroxylation is 1. The Labute approximate surface area is 201 Å². The molecule has 0 saturated carbocycles. The zero-order valence-corrected chi connectivity index (χ0v) is 20.4. The summed E-state index contributed by atoms with van der Waals surface area (Å²) in [4.78, 5) is 4.31. The van der Waals surface area contributed by atoms with Crippen molar-refractivity contribution in [2.24, 2.45) is 22.9 Å². The molecule has 0 saturated heterocycles. The maximum absolute atomic E-state index is 5.88. The fourth-order valence-electron chi connectivity index (χ4n) is 3.19. The number of nitrogens with one attached hydrogen (secondary N) is 1. The first-order valence-electron chi connectivity index (χ1n) is 9.34. The average Bonchev–Trinajstić information content (AvgIpc) is 3.38. The van der Waals surface area contributed by atoms with E-state index in [1.807, 2.05) is 49.5 Å². The normalized spacial score (nSPS) is 12.4. The number of hydrogen-bond acceptors (Lipinski definition) is 3. The maximum Gasteiger partial charge on any atom is 0.286 e. The molecule has 1 aromatic carbocycles. The van der Waals surface area contributed by atoms with Gasteiger partial charge in [-0.15, -0.1) is 17.0 Å². The van der Waals surface area contributed by atoms with Crippen molar-refractivity contribution in [3.8, 4) is 11.3 Å². The molecule has 1 unspecified atom stereocenters. The molecule has 3 N–H and O–H groups in total. The second-order valence-corrected chi connectivity index (χ2v) is 6.74. The summed E-state index contributed by atoms with van der Waals surface area (Å²) in [5.74, 6) is 0.982. The van der Waals surface area contributed by atoms with Crippen LogP contribution in [0.15, 0.2) is 87.8 Å². The summed E-state index contributed by atoms with van der Waals surface area (Å²) < 4.78 is 9.59. The quantitative estimate of drug-likeness (QED) is 0.166. The lowest BCUT2D eigenvalue weighted by molar-refractivity contribution is -0.510. The number of nitrogens with zero attached hydrogens (tertiary/aromatic N) is 4. The maximum atomic E-state index is 5.88. The van der Waals surface area contributed by atoms with Crippen LogP contribution in [0.2, 0.25) is 0 Å². The second-order valence-electron chi connectivity index (χ2n) is 6.74. The van der Waals surface area contributed by atoms with Gasteiger partial charge in [0.15, 0.2) is 5.69 Å². The summed E-state index contributed by atoms with van der Waals surface area (Å²) >= 11 is 0. The third-order valence-corrected chi connectivity index (χ3v) is 4.72. The van der Waals surface area contributed by atoms with E-state index in [9.17, 15) is 0 Å². The highest BCUT2D eigenvalue weighted by Crippen LogP contribution is 2.20. The number of aliphatic imine (C=N–C) groups is 1. The van der Waals surface area contributed by atoms with E-state index < -0.39 is 0 Å². The first kappa shape index (κ1) is 24.4. The summed E-state index contributed by atoms with van der Waals surface area (Å²) in [7, 11) is 2.07. The van der Waals surface area contributed by atoms with Gasteiger partial charge in [-0.05, 0) is 42.8 Å². The van der Waals surface area contributed by atoms with Crippen molar-refractivity contribution in [3.63, 3.8) is 0 Å². The van der Waals surface area contributed by atoms with Gasteiger partial charge in [0.1, 0.15) is 18.0 Å². The largest absolute Gasteiger partial charge is 1.00 e. The Morgan fingerprint density at radius 2 is 1.94 bits per heavy atom. The lowest BCUT2D eigenvalue weighted by atomic mass is 10.1. The first-order chi connectivity index (χ1) is 14.1. The van der Waals surface area contributed by atoms with E-state index in [0.717, 1.165) is 28.2 Å². The minimum atomic E-state index is -0.175. The fraction of sp³-hybridized carbons (Fsp3) is 0.136. The number of aromatic nitrogens is 2. The minimum Gasteiger partial charge on any atom is -1.00 e. The number of nitrogens with two attached hydrogens (primary N) is 1. The topological polar surface area (TPSA) is 84.9 Å². The van der Waals surface area contributed by atoms with Crippen LogP contribution < -0.4 is 32.5 Å². The molecule has 0 aliphatic rings. The lowest BCUT2D eigenvalue weighted by Crippen LogP contribution is -3.00. The molecule has 3 heterocycles. The number of furan rings is 1. The zero-order valence-electron chi connectivity index (χ0n) is 17.1. The molecule has 0 radical (unpaired) electrons. The van der Waals surface area contributed by atoms with E-state index in [4.69, 9.17) is 10.2 Å². The van der Waals surface area contributed by atoms with Gasteiger partial charge < -0.3 is 27.1 Å². The Morgan fingerprint density at radius 3 is 2.61 bits per heavy atom. The van der Waals surface area contributed by atoms with Crippen molar-refractivity contribution < 1.29 is 25.8 Å². The predicted molar refractivity (Wildman–Crippen MR) is 124 cm³/mol. The van der Waals surface area contributed by atoms with Crippen LogP contribution in [0.5, 0.6) is 0 Å². The molecular formula is C22H24Br2N6O. The highest BCUT2D eigenvalue weighted by atomic mass is 79.9. The van der Waals surface area contributed by atoms with E-state index >= 15 is 0 Å². The third-order valence-electron chi connectivity index (χ3n) is 4.72. The Bertz CT molecular complexity index is 1170. The molecule has 9 heteroatoms. The van der Waals surface area contributed by atoms with Gasteiger partial charge in [-0.25, -0.2) is 19.4 Å². The van der Waals surface area contributed by atoms with Crippen LogP contribution in [-0.4, -0.2) is 16.7 Å². The Balaban J connectivity index is 0.00000171. The van der Waals surface area contributed by atoms with Gasteiger partial charge in [0.05, 0.1) is 25.7 Å². The van der Waals surface area contributed by atoms with Gasteiger partial charge in [0, 0.05) is 11.6 Å². The van der Waals surface area contributed by atoms with Gasteiger partial charge >= 0.3 is 0 Å². The lowest BCUT2D eigenvalue weighted by Gasteiger charge is -2.04. The number of halogens is 2. The van der Waals surface area contributed by atoms with Crippen molar-refractivity contribution in [2.45, 2.75) is 13.0 Å². The monoisotopic (exact) mass is 546 g/mol. The minimum absolute atomic E-state index is 0. The van der Waals surface area contributed by atoms with Crippen molar-refractivity contribution in [2.75, 3.05) is 0 Å². The number of hydrogen-bond donors (Lipinski definition) is 2. The average molecular weight is 548 g/mol. The molecule has 1 atom stereocenters. The molecule has 4 aromatic rings. The van der Waals surface area contributed by atoms with Gasteiger partial charge in [-0.3, -0.25) is 0 Å². The first-order valence-corrected chi connectivity index (χ1v) is 9.34. The summed E-state index contributed by atoms with van der Waals surface area (Å²) in [5, 5.41) is 4.16. The third kappa shape index (κ3) is 5.62. The van der Waals surface area contributed by atoms with E-state index in [-0.39, 0.29) is 46.0 Å². The molecule has 0 bridgehead atoms. The van der Waals surface area contributed by atoms with Crippen LogP contribution in [0, 0.1) is 0 Å². The number of hydrazone groups is 1. The number of pyridine rings is 1. The van der Waals surface area contributed by atoms with E-state index in [1.54, 1.807) is 12.5 Å². The second kappa shape index (κ2) is 10.9. The van der Waals surface area contributed by atoms with Gasteiger partial charge in [0.25, 0.3) is 5.65 Å². The van der Waals surface area contributed by atoms with E-state index in [2.05, 4.69) is 55.9 Å². The SMILES string of the molecule is Br.CC(N=C(N)N/N=C/c1ccc(-c2c[n+]3ccccc3n2C)cc1)c1ccco1.[Br-]. The summed E-state index contributed by atoms with van der Waals surface area (Å²) in [6.45, 7) is 1.90. The van der Waals surface area contributed by atoms with Crippen LogP contribution in [0.25, 0.3) is 16.9 Å². The van der Waals surface area contributed by atoms with Crippen LogP contribution in [0.1, 0.15) is 24.3 Å². The number of fused-ring (bicyclic) bond motifs is 1. The molecule has 162 valence electrons. The smallest absolute Gasteiger partial charge is 0.286 e. The number of imidazole rings is 1. The summed E-state index contributed by atoms with van der Waals surface area (Å²) in [5.41, 5.74) is 13.0. The summed E-state index contributed by atoms with van der Waals surface area (Å²) in [6, 6.07) is 17.8. The molecule has 4 rings (SSSR count). The standard InChI is InChI=1S/C22H23N6O.2BrH/c1-16(20-6-5-13-29-20)25-22(23)26-24-14-17-8-10-18(11-9-17)19-15-28-12-4-3-7-21(28)27(19)2;;/h3-16H,1-2H3,(H3,23,25,26);2*1H/q+1;;/p-1/b24-14+;;. The van der Waals surface area contributed by atoms with Crippen LogP contribution in [-0.2, 0) is 7.05 Å². The van der Waals surface area contributed by atoms with Crippen LogP contribution >= 0.6 is 17.0 Å². The Morgan fingerprint density at radius 1 is 1.16 bits per heavy atom. The zero-order chi connectivity index (χ0) is 20.2. The van der Waals surface area contributed by atoms with Crippen LogP contribution in [0.4, 0.5) is 0 Å². The molecule has 0 aliphatic heterocycles. The number of rotatable bonds is 5. The molecular weight excluding hydrogens is 524 g/mol. The van der Waals surface area contributed by atoms with Gasteiger partial charge in [-0.1, -0.05) is 18.2 Å². The predicted octanol–water partition coefficient (Wildman–Crippen LogP) is 0.605. The molecule has 7 nitrogen and oxygen atoms in total. The molecule has 0 fully saturated rings. The molecule has 0 spiro atoms. The Kier molecular flexibility index (Phi) is 8.58. The highest BCUT2D eigenvalue weighted by Gasteiger charge is 2.14. The van der Waals surface area contributed by atoms with Crippen molar-refractivity contribution in [1.82, 2.24) is 9.99 Å². The van der Waals surface area contributed by atoms with Crippen molar-refractivity contribution in [3.05, 3.63) is 84.6 Å². The summed E-state index contributed by atoms with van der Waals surface area (Å²) in [6.07, 6.45) is 7.49. The van der Waals surface area contributed by atoms with Crippen LogP contribution in [0.3, 0.4) is 0 Å². The Hall–Kier alpha value is -2.91. The molecule has 0 amide bonds. The molecule has 0 aliphatic carbocycles. The molecule has 3 aromatic heterocycles.